The predicted molar refractivity (Wildman–Crippen MR) is 94.0 cm³/mol. The maximum atomic E-state index is 13.6. The van der Waals surface area contributed by atoms with Crippen LogP contribution in [0.2, 0.25) is 0 Å². The Morgan fingerprint density at radius 3 is 2.92 bits per heavy atom. The van der Waals surface area contributed by atoms with Gasteiger partial charge < -0.3 is 10.1 Å². The van der Waals surface area contributed by atoms with E-state index in [0.717, 1.165) is 21.1 Å². The van der Waals surface area contributed by atoms with E-state index in [9.17, 15) is 9.18 Å². The van der Waals surface area contributed by atoms with Crippen molar-refractivity contribution >= 4 is 38.9 Å². The molecule has 3 heterocycles. The van der Waals surface area contributed by atoms with Crippen LogP contribution in [-0.4, -0.2) is 23.0 Å². The van der Waals surface area contributed by atoms with Crippen molar-refractivity contribution in [1.29, 1.82) is 0 Å². The van der Waals surface area contributed by atoms with Crippen LogP contribution in [0.25, 0.3) is 10.4 Å². The second-order valence-corrected chi connectivity index (χ2v) is 6.68. The van der Waals surface area contributed by atoms with Crippen molar-refractivity contribution < 1.29 is 13.9 Å². The molecular weight excluding hydrogens is 397 g/mol. The number of rotatable bonds is 4. The highest BCUT2D eigenvalue weighted by Gasteiger charge is 2.15. The average molecular weight is 408 g/mol. The molecule has 0 spiro atoms. The molecule has 3 aromatic heterocycles. The Hall–Kier alpha value is -2.32. The van der Waals surface area contributed by atoms with Crippen LogP contribution >= 0.6 is 27.3 Å². The van der Waals surface area contributed by atoms with Crippen LogP contribution in [0.5, 0.6) is 5.88 Å². The van der Waals surface area contributed by atoms with Gasteiger partial charge in [0.2, 0.25) is 5.88 Å². The van der Waals surface area contributed by atoms with E-state index in [0.29, 0.717) is 10.8 Å². The molecule has 5 nitrogen and oxygen atoms in total. The van der Waals surface area contributed by atoms with Gasteiger partial charge in [-0.15, -0.1) is 11.3 Å². The first-order valence-corrected chi connectivity index (χ1v) is 8.40. The quantitative estimate of drug-likeness (QED) is 0.697. The van der Waals surface area contributed by atoms with Crippen molar-refractivity contribution in [3.05, 3.63) is 58.0 Å². The minimum absolute atomic E-state index is 0.0895. The molecule has 0 bridgehead atoms. The summed E-state index contributed by atoms with van der Waals surface area (Å²) >= 11 is 4.64. The van der Waals surface area contributed by atoms with Crippen molar-refractivity contribution in [1.82, 2.24) is 9.97 Å². The van der Waals surface area contributed by atoms with E-state index in [4.69, 9.17) is 4.74 Å². The molecule has 0 atom stereocenters. The Labute approximate surface area is 149 Å². The van der Waals surface area contributed by atoms with Gasteiger partial charge in [-0.2, -0.15) is 0 Å². The standard InChI is InChI=1S/C16H11BrFN3O2S/c1-23-16-10(6-9(17)7-20-16)13-2-3-14(24-13)15(22)21-12-4-5-19-8-11(12)18/h2-8H,1H3,(H,19,21,22). The van der Waals surface area contributed by atoms with Gasteiger partial charge in [-0.1, -0.05) is 0 Å². The summed E-state index contributed by atoms with van der Waals surface area (Å²) in [5, 5.41) is 2.53. The van der Waals surface area contributed by atoms with Gasteiger partial charge in [-0.25, -0.2) is 9.37 Å². The zero-order valence-electron chi connectivity index (χ0n) is 12.4. The maximum Gasteiger partial charge on any atom is 0.265 e. The third-order valence-electron chi connectivity index (χ3n) is 3.13. The van der Waals surface area contributed by atoms with Crippen LogP contribution in [0, 0.1) is 5.82 Å². The molecule has 24 heavy (non-hydrogen) atoms. The van der Waals surface area contributed by atoms with Gasteiger partial charge in [0.15, 0.2) is 5.82 Å². The number of pyridine rings is 2. The monoisotopic (exact) mass is 407 g/mol. The summed E-state index contributed by atoms with van der Waals surface area (Å²) in [6.07, 6.45) is 4.10. The molecule has 122 valence electrons. The summed E-state index contributed by atoms with van der Waals surface area (Å²) < 4.78 is 19.6. The molecule has 0 aliphatic carbocycles. The normalized spacial score (nSPS) is 10.5. The van der Waals surface area contributed by atoms with Crippen LogP contribution in [0.1, 0.15) is 9.67 Å². The first-order chi connectivity index (χ1) is 11.6. The molecule has 0 aliphatic heterocycles. The van der Waals surface area contributed by atoms with Gasteiger partial charge in [-0.3, -0.25) is 9.78 Å². The lowest BCUT2D eigenvalue weighted by Crippen LogP contribution is -2.11. The molecule has 3 rings (SSSR count). The molecule has 0 aromatic carbocycles. The Kier molecular flexibility index (Phi) is 4.86. The van der Waals surface area contributed by atoms with E-state index in [1.807, 2.05) is 6.07 Å². The first-order valence-electron chi connectivity index (χ1n) is 6.79. The number of carbonyl (C=O) groups is 1. The lowest BCUT2D eigenvalue weighted by molar-refractivity contribution is 0.103. The smallest absolute Gasteiger partial charge is 0.265 e. The summed E-state index contributed by atoms with van der Waals surface area (Å²) in [4.78, 5) is 21.4. The van der Waals surface area contributed by atoms with Crippen molar-refractivity contribution in [2.24, 2.45) is 0 Å². The van der Waals surface area contributed by atoms with Gasteiger partial charge in [0.05, 0.1) is 29.4 Å². The van der Waals surface area contributed by atoms with Gasteiger partial charge >= 0.3 is 0 Å². The molecule has 8 heteroatoms. The number of carbonyl (C=O) groups excluding carboxylic acids is 1. The highest BCUT2D eigenvalue weighted by molar-refractivity contribution is 9.10. The molecule has 1 N–H and O–H groups in total. The number of hydrogen-bond donors (Lipinski definition) is 1. The number of aromatic nitrogens is 2. The summed E-state index contributed by atoms with van der Waals surface area (Å²) in [7, 11) is 1.53. The van der Waals surface area contributed by atoms with E-state index in [1.54, 1.807) is 18.3 Å². The molecule has 0 saturated carbocycles. The average Bonchev–Trinajstić information content (AvgIpc) is 3.07. The Bertz CT molecular complexity index is 901. The zero-order valence-corrected chi connectivity index (χ0v) is 14.8. The molecule has 3 aromatic rings. The number of anilines is 1. The van der Waals surface area contributed by atoms with Gasteiger partial charge in [0, 0.05) is 21.7 Å². The topological polar surface area (TPSA) is 64.1 Å². The van der Waals surface area contributed by atoms with Crippen LogP contribution in [0.3, 0.4) is 0 Å². The lowest BCUT2D eigenvalue weighted by Gasteiger charge is -2.06. The number of methoxy groups -OCH3 is 1. The fourth-order valence-electron chi connectivity index (χ4n) is 2.03. The third-order valence-corrected chi connectivity index (χ3v) is 4.68. The van der Waals surface area contributed by atoms with Crippen molar-refractivity contribution in [3.8, 4) is 16.3 Å². The van der Waals surface area contributed by atoms with E-state index in [-0.39, 0.29) is 5.69 Å². The van der Waals surface area contributed by atoms with Crippen molar-refractivity contribution in [2.75, 3.05) is 12.4 Å². The Balaban J connectivity index is 1.87. The molecule has 0 aliphatic rings. The van der Waals surface area contributed by atoms with E-state index >= 15 is 0 Å². The fourth-order valence-corrected chi connectivity index (χ4v) is 3.27. The summed E-state index contributed by atoms with van der Waals surface area (Å²) in [6.45, 7) is 0. The van der Waals surface area contributed by atoms with Gasteiger partial charge in [0.25, 0.3) is 5.91 Å². The Morgan fingerprint density at radius 1 is 1.33 bits per heavy atom. The van der Waals surface area contributed by atoms with E-state index < -0.39 is 11.7 Å². The highest BCUT2D eigenvalue weighted by atomic mass is 79.9. The number of halogens is 2. The number of hydrogen-bond acceptors (Lipinski definition) is 5. The lowest BCUT2D eigenvalue weighted by atomic mass is 10.2. The molecule has 1 amide bonds. The minimum Gasteiger partial charge on any atom is -0.481 e. The Morgan fingerprint density at radius 2 is 2.17 bits per heavy atom. The molecule has 0 radical (unpaired) electrons. The number of amides is 1. The number of nitrogens with one attached hydrogen (secondary N) is 1. The van der Waals surface area contributed by atoms with Crippen LogP contribution in [0.4, 0.5) is 10.1 Å². The van der Waals surface area contributed by atoms with E-state index in [2.05, 4.69) is 31.2 Å². The minimum atomic E-state index is -0.583. The van der Waals surface area contributed by atoms with Crippen LogP contribution in [0.15, 0.2) is 47.3 Å². The molecule has 0 saturated heterocycles. The van der Waals surface area contributed by atoms with Crippen LogP contribution in [-0.2, 0) is 0 Å². The number of thiophene rings is 1. The molecular formula is C16H11BrFN3O2S. The van der Waals surface area contributed by atoms with Gasteiger partial charge in [0.1, 0.15) is 0 Å². The SMILES string of the molecule is COc1ncc(Br)cc1-c1ccc(C(=O)Nc2ccncc2F)s1. The molecule has 0 unspecified atom stereocenters. The van der Waals surface area contributed by atoms with E-state index in [1.165, 1.54) is 30.7 Å². The second kappa shape index (κ2) is 7.06. The third kappa shape index (κ3) is 3.44. The number of nitrogens with zero attached hydrogens (tertiary/aromatic N) is 2. The van der Waals surface area contributed by atoms with Crippen LogP contribution < -0.4 is 10.1 Å². The van der Waals surface area contributed by atoms with Crippen molar-refractivity contribution in [3.63, 3.8) is 0 Å². The molecule has 0 fully saturated rings. The summed E-state index contributed by atoms with van der Waals surface area (Å²) in [5.41, 5.74) is 0.859. The maximum absolute atomic E-state index is 13.6. The first kappa shape index (κ1) is 16.5. The van der Waals surface area contributed by atoms with Crippen molar-refractivity contribution in [2.45, 2.75) is 0 Å². The summed E-state index contributed by atoms with van der Waals surface area (Å²) in [6, 6.07) is 6.74. The fraction of sp³-hybridized carbons (Fsp3) is 0.0625. The number of ether oxygens (including phenoxy) is 1. The largest absolute Gasteiger partial charge is 0.481 e. The summed E-state index contributed by atoms with van der Waals surface area (Å²) in [5.74, 6) is -0.508. The second-order valence-electron chi connectivity index (χ2n) is 4.68. The predicted octanol–water partition coefficient (Wildman–Crippen LogP) is 4.37. The van der Waals surface area contributed by atoms with Gasteiger partial charge in [-0.05, 0) is 40.2 Å². The highest BCUT2D eigenvalue weighted by Crippen LogP contribution is 2.35. The zero-order chi connectivity index (χ0) is 17.1.